The van der Waals surface area contributed by atoms with Crippen molar-refractivity contribution in [2.24, 2.45) is 0 Å². The maximum Gasteiger partial charge on any atom is 0.257 e. The minimum absolute atomic E-state index is 0.00155. The molecule has 1 amide bonds. The lowest BCUT2D eigenvalue weighted by molar-refractivity contribution is 0.0658. The standard InChI is InChI=1S/C20H24N2O4/c1-24-12-6-11-22-19(16-10-9-14(25-2)13-18(16)26-3)21-17-8-5-4-7-15(17)20(22)23/h4-5,7-10,13,19,21H,6,11-12H2,1-3H3. The number of para-hydroxylation sites is 1. The van der Waals surface area contributed by atoms with Crippen LogP contribution in [0.5, 0.6) is 11.5 Å². The largest absolute Gasteiger partial charge is 0.497 e. The predicted octanol–water partition coefficient (Wildman–Crippen LogP) is 3.31. The maximum absolute atomic E-state index is 13.1. The molecule has 0 bridgehead atoms. The topological polar surface area (TPSA) is 60.0 Å². The molecule has 1 aliphatic rings. The van der Waals surface area contributed by atoms with Crippen LogP contribution in [-0.4, -0.2) is 45.3 Å². The number of carbonyl (C=O) groups is 1. The smallest absolute Gasteiger partial charge is 0.257 e. The molecule has 2 aromatic carbocycles. The zero-order chi connectivity index (χ0) is 18.5. The first kappa shape index (κ1) is 18.1. The number of benzene rings is 2. The quantitative estimate of drug-likeness (QED) is 0.772. The van der Waals surface area contributed by atoms with Gasteiger partial charge in [-0.05, 0) is 30.7 Å². The number of amides is 1. The molecule has 0 saturated carbocycles. The number of rotatable bonds is 7. The third-order valence-electron chi connectivity index (χ3n) is 4.50. The summed E-state index contributed by atoms with van der Waals surface area (Å²) >= 11 is 0. The minimum Gasteiger partial charge on any atom is -0.497 e. The van der Waals surface area contributed by atoms with Crippen LogP contribution in [0.15, 0.2) is 42.5 Å². The van der Waals surface area contributed by atoms with Crippen molar-refractivity contribution in [3.05, 3.63) is 53.6 Å². The zero-order valence-corrected chi connectivity index (χ0v) is 15.3. The SMILES string of the molecule is COCCCN1C(=O)c2ccccc2NC1c1ccc(OC)cc1OC. The molecule has 0 fully saturated rings. The van der Waals surface area contributed by atoms with Crippen molar-refractivity contribution in [2.75, 3.05) is 39.8 Å². The van der Waals surface area contributed by atoms with Crippen LogP contribution in [-0.2, 0) is 4.74 Å². The molecular formula is C20H24N2O4. The van der Waals surface area contributed by atoms with Crippen LogP contribution in [0.2, 0.25) is 0 Å². The van der Waals surface area contributed by atoms with E-state index in [-0.39, 0.29) is 12.1 Å². The van der Waals surface area contributed by atoms with Crippen LogP contribution in [0.1, 0.15) is 28.5 Å². The summed E-state index contributed by atoms with van der Waals surface area (Å²) in [5.74, 6) is 1.38. The van der Waals surface area contributed by atoms with Crippen molar-refractivity contribution in [3.63, 3.8) is 0 Å². The van der Waals surface area contributed by atoms with E-state index in [2.05, 4.69) is 5.32 Å². The molecule has 3 rings (SSSR count). The van der Waals surface area contributed by atoms with E-state index < -0.39 is 0 Å². The molecule has 1 atom stereocenters. The third kappa shape index (κ3) is 3.46. The predicted molar refractivity (Wildman–Crippen MR) is 99.9 cm³/mol. The van der Waals surface area contributed by atoms with Gasteiger partial charge in [0.1, 0.15) is 17.7 Å². The van der Waals surface area contributed by atoms with Gasteiger partial charge in [0.2, 0.25) is 0 Å². The van der Waals surface area contributed by atoms with Crippen molar-refractivity contribution in [1.29, 1.82) is 0 Å². The molecule has 0 saturated heterocycles. The maximum atomic E-state index is 13.1. The molecule has 6 heteroatoms. The van der Waals surface area contributed by atoms with Gasteiger partial charge >= 0.3 is 0 Å². The lowest BCUT2D eigenvalue weighted by atomic mass is 10.0. The highest BCUT2D eigenvalue weighted by Gasteiger charge is 2.34. The Hall–Kier alpha value is -2.73. The molecule has 0 aliphatic carbocycles. The van der Waals surface area contributed by atoms with Gasteiger partial charge in [-0.15, -0.1) is 0 Å². The highest BCUT2D eigenvalue weighted by atomic mass is 16.5. The second-order valence-electron chi connectivity index (χ2n) is 6.05. The van der Waals surface area contributed by atoms with E-state index in [0.717, 1.165) is 17.7 Å². The van der Waals surface area contributed by atoms with E-state index in [0.29, 0.717) is 30.2 Å². The van der Waals surface area contributed by atoms with Gasteiger partial charge in [0.25, 0.3) is 5.91 Å². The van der Waals surface area contributed by atoms with Crippen LogP contribution in [0, 0.1) is 0 Å². The van der Waals surface area contributed by atoms with Crippen LogP contribution in [0.4, 0.5) is 5.69 Å². The van der Waals surface area contributed by atoms with Crippen LogP contribution < -0.4 is 14.8 Å². The highest BCUT2D eigenvalue weighted by molar-refractivity contribution is 6.01. The van der Waals surface area contributed by atoms with Crippen molar-refractivity contribution < 1.29 is 19.0 Å². The fourth-order valence-electron chi connectivity index (χ4n) is 3.19. The summed E-state index contributed by atoms with van der Waals surface area (Å²) in [5.41, 5.74) is 2.38. The fraction of sp³-hybridized carbons (Fsp3) is 0.350. The highest BCUT2D eigenvalue weighted by Crippen LogP contribution is 2.38. The summed E-state index contributed by atoms with van der Waals surface area (Å²) < 4.78 is 16.0. The van der Waals surface area contributed by atoms with Gasteiger partial charge in [0.15, 0.2) is 0 Å². The Bertz CT molecular complexity index is 778. The van der Waals surface area contributed by atoms with Gasteiger partial charge < -0.3 is 24.4 Å². The molecule has 0 spiro atoms. The lowest BCUT2D eigenvalue weighted by Crippen LogP contribution is -2.43. The van der Waals surface area contributed by atoms with Gasteiger partial charge in [-0.25, -0.2) is 0 Å². The molecule has 0 aromatic heterocycles. The van der Waals surface area contributed by atoms with E-state index in [1.54, 1.807) is 21.3 Å². The van der Waals surface area contributed by atoms with Crippen LogP contribution in [0.25, 0.3) is 0 Å². The molecule has 2 aromatic rings. The Morgan fingerprint density at radius 2 is 1.88 bits per heavy atom. The molecule has 1 N–H and O–H groups in total. The van der Waals surface area contributed by atoms with E-state index in [9.17, 15) is 4.79 Å². The number of hydrogen-bond acceptors (Lipinski definition) is 5. The Labute approximate surface area is 153 Å². The molecular weight excluding hydrogens is 332 g/mol. The first-order valence-corrected chi connectivity index (χ1v) is 8.57. The first-order chi connectivity index (χ1) is 12.7. The Balaban J connectivity index is 2.01. The van der Waals surface area contributed by atoms with Gasteiger partial charge in [-0.1, -0.05) is 12.1 Å². The van der Waals surface area contributed by atoms with E-state index >= 15 is 0 Å². The summed E-state index contributed by atoms with van der Waals surface area (Å²) in [6, 6.07) is 13.2. The molecule has 1 aliphatic heterocycles. The molecule has 1 heterocycles. The molecule has 0 radical (unpaired) electrons. The average Bonchev–Trinajstić information content (AvgIpc) is 2.69. The van der Waals surface area contributed by atoms with E-state index in [4.69, 9.17) is 14.2 Å². The normalized spacial score (nSPS) is 16.0. The Morgan fingerprint density at radius 3 is 2.62 bits per heavy atom. The first-order valence-electron chi connectivity index (χ1n) is 8.57. The molecule has 138 valence electrons. The van der Waals surface area contributed by atoms with Gasteiger partial charge in [0.05, 0.1) is 19.8 Å². The molecule has 1 unspecified atom stereocenters. The lowest BCUT2D eigenvalue weighted by Gasteiger charge is -2.38. The number of hydrogen-bond donors (Lipinski definition) is 1. The Morgan fingerprint density at radius 1 is 1.08 bits per heavy atom. The summed E-state index contributed by atoms with van der Waals surface area (Å²) in [7, 11) is 4.89. The number of anilines is 1. The average molecular weight is 356 g/mol. The number of nitrogens with one attached hydrogen (secondary N) is 1. The van der Waals surface area contributed by atoms with Crippen molar-refractivity contribution in [2.45, 2.75) is 12.6 Å². The minimum atomic E-state index is -0.324. The summed E-state index contributed by atoms with van der Waals surface area (Å²) in [5, 5.41) is 3.48. The zero-order valence-electron chi connectivity index (χ0n) is 15.3. The Kier molecular flexibility index (Phi) is 5.63. The van der Waals surface area contributed by atoms with Gasteiger partial charge in [-0.2, -0.15) is 0 Å². The van der Waals surface area contributed by atoms with Crippen molar-refractivity contribution >= 4 is 11.6 Å². The van der Waals surface area contributed by atoms with E-state index in [1.807, 2.05) is 47.4 Å². The second-order valence-corrected chi connectivity index (χ2v) is 6.05. The molecule has 6 nitrogen and oxygen atoms in total. The fourth-order valence-corrected chi connectivity index (χ4v) is 3.19. The van der Waals surface area contributed by atoms with Crippen LogP contribution in [0.3, 0.4) is 0 Å². The summed E-state index contributed by atoms with van der Waals surface area (Å²) in [4.78, 5) is 14.9. The number of methoxy groups -OCH3 is 3. The number of nitrogens with zero attached hydrogens (tertiary/aromatic N) is 1. The third-order valence-corrected chi connectivity index (χ3v) is 4.50. The van der Waals surface area contributed by atoms with Crippen molar-refractivity contribution in [3.8, 4) is 11.5 Å². The number of ether oxygens (including phenoxy) is 3. The molecule has 26 heavy (non-hydrogen) atoms. The number of carbonyl (C=O) groups excluding carboxylic acids is 1. The number of fused-ring (bicyclic) bond motifs is 1. The van der Waals surface area contributed by atoms with Crippen molar-refractivity contribution in [1.82, 2.24) is 4.90 Å². The summed E-state index contributed by atoms with van der Waals surface area (Å²) in [6.07, 6.45) is 0.427. The van der Waals surface area contributed by atoms with Crippen LogP contribution >= 0.6 is 0 Å². The summed E-state index contributed by atoms with van der Waals surface area (Å²) in [6.45, 7) is 1.17. The second kappa shape index (κ2) is 8.10. The van der Waals surface area contributed by atoms with Gasteiger partial charge in [0, 0.05) is 37.6 Å². The monoisotopic (exact) mass is 356 g/mol. The van der Waals surface area contributed by atoms with Gasteiger partial charge in [-0.3, -0.25) is 4.79 Å². The van der Waals surface area contributed by atoms with E-state index in [1.165, 1.54) is 0 Å².